The molecule has 0 radical (unpaired) electrons. The molecule has 1 aliphatic heterocycles. The Morgan fingerprint density at radius 3 is 2.84 bits per heavy atom. The van der Waals surface area contributed by atoms with Gasteiger partial charge in [0.05, 0.1) is 22.8 Å². The fourth-order valence-corrected chi connectivity index (χ4v) is 2.98. The number of nitrogens with one attached hydrogen (secondary N) is 2. The molecule has 1 aliphatic rings. The highest BCUT2D eigenvalue weighted by Crippen LogP contribution is 2.21. The average molecular weight is 280 g/mol. The Labute approximate surface area is 111 Å². The van der Waals surface area contributed by atoms with Crippen LogP contribution in [-0.4, -0.2) is 43.3 Å². The van der Waals surface area contributed by atoms with E-state index in [-0.39, 0.29) is 11.8 Å². The van der Waals surface area contributed by atoms with Crippen molar-refractivity contribution in [1.29, 1.82) is 0 Å². The number of imidazole rings is 1. The average Bonchev–Trinajstić information content (AvgIpc) is 2.76. The molecule has 3 rings (SSSR count). The lowest BCUT2D eigenvalue weighted by atomic mass is 10.1. The van der Waals surface area contributed by atoms with Gasteiger partial charge in [0.15, 0.2) is 0 Å². The summed E-state index contributed by atoms with van der Waals surface area (Å²) >= 11 is 0. The van der Waals surface area contributed by atoms with Crippen LogP contribution in [0.1, 0.15) is 6.92 Å². The summed E-state index contributed by atoms with van der Waals surface area (Å²) in [7, 11) is -3.12. The molecule has 1 fully saturated rings. The monoisotopic (exact) mass is 280 g/mol. The van der Waals surface area contributed by atoms with Gasteiger partial charge in [0, 0.05) is 13.1 Å². The standard InChI is InChI=1S/C12H16N4O2S/c1-2-19(17,18)15-9-7-16(8-9)12-13-10-5-3-4-6-11(10)14-12/h3-6,9,15H,2,7-8H2,1H3,(H,13,14). The molecule has 0 unspecified atom stereocenters. The van der Waals surface area contributed by atoms with Gasteiger partial charge in [-0.05, 0) is 19.1 Å². The summed E-state index contributed by atoms with van der Waals surface area (Å²) < 4.78 is 25.5. The molecule has 0 bridgehead atoms. The van der Waals surface area contributed by atoms with E-state index in [1.807, 2.05) is 29.2 Å². The molecule has 102 valence electrons. The van der Waals surface area contributed by atoms with Gasteiger partial charge < -0.3 is 9.88 Å². The summed E-state index contributed by atoms with van der Waals surface area (Å²) in [5, 5.41) is 0. The molecule has 19 heavy (non-hydrogen) atoms. The fourth-order valence-electron chi connectivity index (χ4n) is 2.15. The van der Waals surface area contributed by atoms with E-state index in [2.05, 4.69) is 14.7 Å². The summed E-state index contributed by atoms with van der Waals surface area (Å²) in [5.74, 6) is 0.918. The molecule has 1 aromatic heterocycles. The smallest absolute Gasteiger partial charge is 0.211 e. The molecule has 0 amide bonds. The normalized spacial score (nSPS) is 16.8. The van der Waals surface area contributed by atoms with E-state index in [1.165, 1.54) is 0 Å². The predicted octanol–water partition coefficient (Wildman–Crippen LogP) is 0.691. The topological polar surface area (TPSA) is 78.1 Å². The minimum absolute atomic E-state index is 0.0156. The number of sulfonamides is 1. The van der Waals surface area contributed by atoms with Crippen molar-refractivity contribution in [2.45, 2.75) is 13.0 Å². The molecule has 1 aromatic carbocycles. The van der Waals surface area contributed by atoms with E-state index in [0.717, 1.165) is 17.0 Å². The Bertz CT molecular complexity index is 656. The van der Waals surface area contributed by atoms with Crippen LogP contribution in [0.3, 0.4) is 0 Å². The number of benzene rings is 1. The van der Waals surface area contributed by atoms with Crippen LogP contribution in [0.25, 0.3) is 11.0 Å². The van der Waals surface area contributed by atoms with Crippen LogP contribution in [-0.2, 0) is 10.0 Å². The lowest BCUT2D eigenvalue weighted by Crippen LogP contribution is -2.59. The zero-order chi connectivity index (χ0) is 13.5. The van der Waals surface area contributed by atoms with E-state index in [1.54, 1.807) is 6.92 Å². The van der Waals surface area contributed by atoms with Crippen molar-refractivity contribution in [3.05, 3.63) is 24.3 Å². The van der Waals surface area contributed by atoms with E-state index >= 15 is 0 Å². The largest absolute Gasteiger partial charge is 0.339 e. The van der Waals surface area contributed by atoms with Crippen molar-refractivity contribution < 1.29 is 8.42 Å². The van der Waals surface area contributed by atoms with E-state index < -0.39 is 10.0 Å². The number of nitrogens with zero attached hydrogens (tertiary/aromatic N) is 2. The lowest BCUT2D eigenvalue weighted by molar-refractivity contribution is 0.464. The van der Waals surface area contributed by atoms with Crippen LogP contribution in [0.15, 0.2) is 24.3 Å². The highest BCUT2D eigenvalue weighted by Gasteiger charge is 2.31. The second-order valence-electron chi connectivity index (χ2n) is 4.70. The fraction of sp³-hybridized carbons (Fsp3) is 0.417. The maximum absolute atomic E-state index is 11.4. The first kappa shape index (κ1) is 12.4. The summed E-state index contributed by atoms with van der Waals surface area (Å²) in [5.41, 5.74) is 1.92. The highest BCUT2D eigenvalue weighted by molar-refractivity contribution is 7.89. The zero-order valence-corrected chi connectivity index (χ0v) is 11.4. The predicted molar refractivity (Wildman–Crippen MR) is 74.7 cm³/mol. The molecule has 2 N–H and O–H groups in total. The third-order valence-electron chi connectivity index (χ3n) is 3.28. The third kappa shape index (κ3) is 2.43. The molecule has 0 saturated carbocycles. The van der Waals surface area contributed by atoms with Crippen LogP contribution < -0.4 is 9.62 Å². The number of anilines is 1. The van der Waals surface area contributed by atoms with Crippen molar-refractivity contribution in [3.63, 3.8) is 0 Å². The van der Waals surface area contributed by atoms with Crippen LogP contribution >= 0.6 is 0 Å². The number of aromatic nitrogens is 2. The van der Waals surface area contributed by atoms with Gasteiger partial charge in [-0.3, -0.25) is 0 Å². The summed E-state index contributed by atoms with van der Waals surface area (Å²) in [6.07, 6.45) is 0. The van der Waals surface area contributed by atoms with Gasteiger partial charge in [0.1, 0.15) is 0 Å². The first-order chi connectivity index (χ1) is 9.07. The maximum atomic E-state index is 11.4. The summed E-state index contributed by atoms with van der Waals surface area (Å²) in [6, 6.07) is 7.81. The molecule has 7 heteroatoms. The summed E-state index contributed by atoms with van der Waals surface area (Å²) in [4.78, 5) is 9.74. The van der Waals surface area contributed by atoms with Gasteiger partial charge in [-0.1, -0.05) is 12.1 Å². The molecule has 2 aromatic rings. The van der Waals surface area contributed by atoms with Crippen molar-refractivity contribution in [1.82, 2.24) is 14.7 Å². The van der Waals surface area contributed by atoms with Crippen molar-refractivity contribution >= 4 is 27.0 Å². The SMILES string of the molecule is CCS(=O)(=O)NC1CN(c2nc3ccccc3[nH]2)C1. The molecule has 0 atom stereocenters. The van der Waals surface area contributed by atoms with Gasteiger partial charge in [-0.2, -0.15) is 0 Å². The Morgan fingerprint density at radius 2 is 2.16 bits per heavy atom. The number of rotatable bonds is 4. The van der Waals surface area contributed by atoms with Crippen molar-refractivity contribution in [2.24, 2.45) is 0 Å². The van der Waals surface area contributed by atoms with Crippen LogP contribution in [0.2, 0.25) is 0 Å². The van der Waals surface area contributed by atoms with Crippen molar-refractivity contribution in [2.75, 3.05) is 23.7 Å². The van der Waals surface area contributed by atoms with Gasteiger partial charge in [0.2, 0.25) is 16.0 Å². The van der Waals surface area contributed by atoms with Crippen LogP contribution in [0.4, 0.5) is 5.95 Å². The van der Waals surface area contributed by atoms with Gasteiger partial charge >= 0.3 is 0 Å². The van der Waals surface area contributed by atoms with Crippen LogP contribution in [0.5, 0.6) is 0 Å². The number of H-pyrrole nitrogens is 1. The van der Waals surface area contributed by atoms with Crippen molar-refractivity contribution in [3.8, 4) is 0 Å². The summed E-state index contributed by atoms with van der Waals surface area (Å²) in [6.45, 7) is 2.94. The second kappa shape index (κ2) is 4.50. The molecule has 1 saturated heterocycles. The molecule has 0 aliphatic carbocycles. The lowest BCUT2D eigenvalue weighted by Gasteiger charge is -2.39. The highest BCUT2D eigenvalue weighted by atomic mass is 32.2. The first-order valence-corrected chi connectivity index (χ1v) is 7.92. The number of fused-ring (bicyclic) bond motifs is 1. The van der Waals surface area contributed by atoms with E-state index in [0.29, 0.717) is 13.1 Å². The quantitative estimate of drug-likeness (QED) is 0.864. The Morgan fingerprint density at radius 1 is 1.42 bits per heavy atom. The van der Waals surface area contributed by atoms with Crippen LogP contribution in [0, 0.1) is 0 Å². The minimum Gasteiger partial charge on any atom is -0.339 e. The Balaban J connectivity index is 1.67. The Hall–Kier alpha value is -1.60. The Kier molecular flexibility index (Phi) is 2.94. The third-order valence-corrected chi connectivity index (χ3v) is 4.74. The zero-order valence-electron chi connectivity index (χ0n) is 10.6. The van der Waals surface area contributed by atoms with Gasteiger partial charge in [0.25, 0.3) is 0 Å². The minimum atomic E-state index is -3.12. The van der Waals surface area contributed by atoms with E-state index in [9.17, 15) is 8.42 Å². The molecule has 2 heterocycles. The number of hydrogen-bond acceptors (Lipinski definition) is 4. The first-order valence-electron chi connectivity index (χ1n) is 6.27. The maximum Gasteiger partial charge on any atom is 0.211 e. The van der Waals surface area contributed by atoms with Gasteiger partial charge in [-0.15, -0.1) is 0 Å². The number of aromatic amines is 1. The second-order valence-corrected chi connectivity index (χ2v) is 6.74. The number of hydrogen-bond donors (Lipinski definition) is 2. The molecule has 0 spiro atoms. The molecule has 6 nitrogen and oxygen atoms in total. The van der Waals surface area contributed by atoms with E-state index in [4.69, 9.17) is 0 Å². The van der Waals surface area contributed by atoms with Gasteiger partial charge in [-0.25, -0.2) is 18.1 Å². The molecular formula is C12H16N4O2S. The molecular weight excluding hydrogens is 264 g/mol. The number of para-hydroxylation sites is 2.